The first-order valence-electron chi connectivity index (χ1n) is 8.90. The van der Waals surface area contributed by atoms with Crippen molar-refractivity contribution in [3.63, 3.8) is 0 Å². The van der Waals surface area contributed by atoms with E-state index in [0.29, 0.717) is 6.61 Å². The quantitative estimate of drug-likeness (QED) is 0.392. The highest BCUT2D eigenvalue weighted by molar-refractivity contribution is 9.11. The minimum atomic E-state index is 0.539. The highest BCUT2D eigenvalue weighted by Crippen LogP contribution is 2.35. The zero-order valence-electron chi connectivity index (χ0n) is 15.8. The second-order valence-corrected chi connectivity index (χ2v) is 8.54. The Morgan fingerprint density at radius 3 is 2.07 bits per heavy atom. The molecule has 3 aromatic rings. The summed E-state index contributed by atoms with van der Waals surface area (Å²) in [4.78, 5) is 0. The number of benzene rings is 3. The van der Waals surface area contributed by atoms with E-state index in [2.05, 4.69) is 113 Å². The third-order valence-corrected chi connectivity index (χ3v) is 5.62. The standard InChI is InChI=1S/C23H23Br2NO/c1-15-5-8-18(9-6-15)14-27-23-20(24)11-19(12-21(23)25)13-26-22-10-16(2)4-7-17(22)3/h4-12,26H,13-14H2,1-3H3. The van der Waals surface area contributed by atoms with Gasteiger partial charge in [0.1, 0.15) is 12.4 Å². The van der Waals surface area contributed by atoms with E-state index in [0.717, 1.165) is 26.8 Å². The van der Waals surface area contributed by atoms with E-state index in [-0.39, 0.29) is 0 Å². The van der Waals surface area contributed by atoms with E-state index >= 15 is 0 Å². The van der Waals surface area contributed by atoms with Crippen molar-refractivity contribution in [3.05, 3.63) is 91.4 Å². The van der Waals surface area contributed by atoms with Gasteiger partial charge in [-0.15, -0.1) is 0 Å². The Kier molecular flexibility index (Phi) is 6.61. The van der Waals surface area contributed by atoms with Gasteiger partial charge in [-0.2, -0.15) is 0 Å². The lowest BCUT2D eigenvalue weighted by Gasteiger charge is -2.14. The molecule has 4 heteroatoms. The summed E-state index contributed by atoms with van der Waals surface area (Å²) in [6, 6.07) is 19.1. The maximum atomic E-state index is 6.03. The Labute approximate surface area is 178 Å². The van der Waals surface area contributed by atoms with E-state index < -0.39 is 0 Å². The molecule has 3 aromatic carbocycles. The summed E-state index contributed by atoms with van der Waals surface area (Å²) >= 11 is 7.31. The SMILES string of the molecule is Cc1ccc(COc2c(Br)cc(CNc3cc(C)ccc3C)cc2Br)cc1. The van der Waals surface area contributed by atoms with E-state index in [1.165, 1.54) is 27.9 Å². The molecule has 0 saturated heterocycles. The lowest BCUT2D eigenvalue weighted by Crippen LogP contribution is -2.03. The summed E-state index contributed by atoms with van der Waals surface area (Å²) < 4.78 is 7.92. The lowest BCUT2D eigenvalue weighted by atomic mass is 10.1. The molecule has 0 aliphatic heterocycles. The molecule has 0 aromatic heterocycles. The van der Waals surface area contributed by atoms with Gasteiger partial charge in [-0.05, 0) is 93.1 Å². The van der Waals surface area contributed by atoms with Crippen LogP contribution < -0.4 is 10.1 Å². The number of ether oxygens (including phenoxy) is 1. The zero-order valence-corrected chi connectivity index (χ0v) is 18.9. The molecule has 2 nitrogen and oxygen atoms in total. The molecule has 0 fully saturated rings. The van der Waals surface area contributed by atoms with Crippen LogP contribution in [0.25, 0.3) is 0 Å². The second-order valence-electron chi connectivity index (χ2n) is 6.83. The zero-order chi connectivity index (χ0) is 19.4. The van der Waals surface area contributed by atoms with Crippen molar-refractivity contribution < 1.29 is 4.74 Å². The average Bonchev–Trinajstić information content (AvgIpc) is 2.63. The molecule has 140 valence electrons. The van der Waals surface area contributed by atoms with Crippen LogP contribution in [-0.2, 0) is 13.2 Å². The molecular weight excluding hydrogens is 466 g/mol. The normalized spacial score (nSPS) is 10.7. The fourth-order valence-corrected chi connectivity index (χ4v) is 4.33. The maximum Gasteiger partial charge on any atom is 0.148 e. The maximum absolute atomic E-state index is 6.03. The van der Waals surface area contributed by atoms with Crippen LogP contribution in [-0.4, -0.2) is 0 Å². The monoisotopic (exact) mass is 487 g/mol. The van der Waals surface area contributed by atoms with Crippen molar-refractivity contribution in [3.8, 4) is 5.75 Å². The summed E-state index contributed by atoms with van der Waals surface area (Å²) in [5, 5.41) is 3.52. The van der Waals surface area contributed by atoms with Crippen LogP contribution in [0.15, 0.2) is 63.5 Å². The highest BCUT2D eigenvalue weighted by Gasteiger charge is 2.10. The van der Waals surface area contributed by atoms with Gasteiger partial charge in [0.25, 0.3) is 0 Å². The van der Waals surface area contributed by atoms with E-state index in [1.54, 1.807) is 0 Å². The second kappa shape index (κ2) is 8.94. The Morgan fingerprint density at radius 2 is 1.41 bits per heavy atom. The minimum absolute atomic E-state index is 0.539. The first-order valence-corrected chi connectivity index (χ1v) is 10.5. The molecule has 27 heavy (non-hydrogen) atoms. The first-order chi connectivity index (χ1) is 12.9. The van der Waals surface area contributed by atoms with Crippen LogP contribution in [0.4, 0.5) is 5.69 Å². The van der Waals surface area contributed by atoms with Crippen LogP contribution in [0.1, 0.15) is 27.8 Å². The Hall–Kier alpha value is -1.78. The van der Waals surface area contributed by atoms with E-state index in [9.17, 15) is 0 Å². The summed E-state index contributed by atoms with van der Waals surface area (Å²) in [6.07, 6.45) is 0. The molecule has 1 N–H and O–H groups in total. The molecule has 0 unspecified atom stereocenters. The molecule has 0 heterocycles. The van der Waals surface area contributed by atoms with E-state index in [1.807, 2.05) is 0 Å². The van der Waals surface area contributed by atoms with Crippen LogP contribution in [0.3, 0.4) is 0 Å². The summed E-state index contributed by atoms with van der Waals surface area (Å²) in [5.74, 6) is 0.825. The Morgan fingerprint density at radius 1 is 0.778 bits per heavy atom. The molecule has 0 aliphatic carbocycles. The molecule has 0 radical (unpaired) electrons. The van der Waals surface area contributed by atoms with Gasteiger partial charge in [0.05, 0.1) is 8.95 Å². The van der Waals surface area contributed by atoms with Gasteiger partial charge in [0, 0.05) is 12.2 Å². The highest BCUT2D eigenvalue weighted by atomic mass is 79.9. The average molecular weight is 489 g/mol. The van der Waals surface area contributed by atoms with Crippen LogP contribution in [0, 0.1) is 20.8 Å². The van der Waals surface area contributed by atoms with Crippen molar-refractivity contribution >= 4 is 37.5 Å². The number of aryl methyl sites for hydroxylation is 3. The van der Waals surface area contributed by atoms with Gasteiger partial charge < -0.3 is 10.1 Å². The number of nitrogens with one attached hydrogen (secondary N) is 1. The van der Waals surface area contributed by atoms with Crippen molar-refractivity contribution in [1.82, 2.24) is 0 Å². The molecule has 0 saturated carbocycles. The van der Waals surface area contributed by atoms with Crippen LogP contribution in [0.5, 0.6) is 5.75 Å². The Bertz CT molecular complexity index is 913. The van der Waals surface area contributed by atoms with Gasteiger partial charge in [-0.1, -0.05) is 42.0 Å². The van der Waals surface area contributed by atoms with Crippen molar-refractivity contribution in [2.45, 2.75) is 33.9 Å². The molecule has 0 atom stereocenters. The molecule has 0 spiro atoms. The fraction of sp³-hybridized carbons (Fsp3) is 0.217. The Balaban J connectivity index is 1.68. The number of rotatable bonds is 6. The third-order valence-electron chi connectivity index (χ3n) is 4.44. The van der Waals surface area contributed by atoms with Gasteiger partial charge in [0.2, 0.25) is 0 Å². The molecule has 0 bridgehead atoms. The smallest absolute Gasteiger partial charge is 0.148 e. The number of anilines is 1. The lowest BCUT2D eigenvalue weighted by molar-refractivity contribution is 0.302. The number of hydrogen-bond donors (Lipinski definition) is 1. The molecule has 3 rings (SSSR count). The minimum Gasteiger partial charge on any atom is -0.487 e. The molecule has 0 amide bonds. The number of halogens is 2. The predicted octanol–water partition coefficient (Wildman–Crippen LogP) is 7.33. The van der Waals surface area contributed by atoms with Crippen molar-refractivity contribution in [2.75, 3.05) is 5.32 Å². The van der Waals surface area contributed by atoms with Crippen LogP contribution in [0.2, 0.25) is 0 Å². The number of hydrogen-bond acceptors (Lipinski definition) is 2. The summed E-state index contributed by atoms with van der Waals surface area (Å²) in [6.45, 7) is 7.60. The summed E-state index contributed by atoms with van der Waals surface area (Å²) in [7, 11) is 0. The third kappa shape index (κ3) is 5.36. The van der Waals surface area contributed by atoms with Gasteiger partial charge in [0.15, 0.2) is 0 Å². The van der Waals surface area contributed by atoms with Crippen LogP contribution >= 0.6 is 31.9 Å². The van der Waals surface area contributed by atoms with Crippen molar-refractivity contribution in [1.29, 1.82) is 0 Å². The predicted molar refractivity (Wildman–Crippen MR) is 121 cm³/mol. The molecule has 0 aliphatic rings. The van der Waals surface area contributed by atoms with Crippen molar-refractivity contribution in [2.24, 2.45) is 0 Å². The van der Waals surface area contributed by atoms with E-state index in [4.69, 9.17) is 4.74 Å². The largest absolute Gasteiger partial charge is 0.487 e. The summed E-state index contributed by atoms with van der Waals surface area (Å²) in [5.41, 5.74) is 7.25. The van der Waals surface area contributed by atoms with Gasteiger partial charge in [-0.25, -0.2) is 0 Å². The topological polar surface area (TPSA) is 21.3 Å². The fourth-order valence-electron chi connectivity index (χ4n) is 2.82. The van der Waals surface area contributed by atoms with Gasteiger partial charge in [-0.3, -0.25) is 0 Å². The van der Waals surface area contributed by atoms with Gasteiger partial charge >= 0.3 is 0 Å². The first kappa shape index (κ1) is 20.0. The molecular formula is C23H23Br2NO.